The van der Waals surface area contributed by atoms with Gasteiger partial charge in [-0.05, 0) is 17.7 Å². The highest BCUT2D eigenvalue weighted by Gasteiger charge is 2.26. The van der Waals surface area contributed by atoms with Crippen LogP contribution in [0.25, 0.3) is 0 Å². The van der Waals surface area contributed by atoms with Gasteiger partial charge < -0.3 is 4.90 Å². The van der Waals surface area contributed by atoms with Crippen molar-refractivity contribution in [2.45, 2.75) is 23.1 Å². The van der Waals surface area contributed by atoms with Crippen LogP contribution in [0.2, 0.25) is 0 Å². The van der Waals surface area contributed by atoms with E-state index in [-0.39, 0.29) is 11.2 Å². The first-order chi connectivity index (χ1) is 8.36. The third kappa shape index (κ3) is 3.05. The molecular weight excluding hydrogens is 270 g/mol. The number of carbonyl (C=O) groups excluding carboxylic acids is 1. The van der Waals surface area contributed by atoms with E-state index in [4.69, 9.17) is 0 Å². The van der Waals surface area contributed by atoms with Crippen LogP contribution in [-0.4, -0.2) is 37.3 Å². The standard InChI is InChI=1S/C12H15NO3S2/c1-18(15,16)11-4-2-9(3-5-11)7-13-8-10(17)6-12(13)14/h2-5,10,17H,6-8H2,1H3. The summed E-state index contributed by atoms with van der Waals surface area (Å²) in [6.45, 7) is 1.16. The number of likely N-dealkylation sites (tertiary alicyclic amines) is 1. The molecule has 6 heteroatoms. The number of benzene rings is 1. The topological polar surface area (TPSA) is 54.5 Å². The minimum absolute atomic E-state index is 0.0992. The molecule has 0 aromatic heterocycles. The largest absolute Gasteiger partial charge is 0.337 e. The Hall–Kier alpha value is -1.01. The number of rotatable bonds is 3. The third-order valence-electron chi connectivity index (χ3n) is 2.92. The van der Waals surface area contributed by atoms with E-state index in [2.05, 4.69) is 12.6 Å². The molecule has 1 heterocycles. The first-order valence-corrected chi connectivity index (χ1v) is 8.02. The van der Waals surface area contributed by atoms with Crippen molar-refractivity contribution in [3.8, 4) is 0 Å². The number of hydrogen-bond donors (Lipinski definition) is 1. The van der Waals surface area contributed by atoms with Gasteiger partial charge in [0, 0.05) is 31.0 Å². The monoisotopic (exact) mass is 285 g/mol. The molecule has 2 rings (SSSR count). The molecule has 1 saturated heterocycles. The molecule has 1 amide bonds. The Bertz CT molecular complexity index is 551. The smallest absolute Gasteiger partial charge is 0.224 e. The van der Waals surface area contributed by atoms with Crippen LogP contribution in [-0.2, 0) is 21.2 Å². The summed E-state index contributed by atoms with van der Waals surface area (Å²) in [6, 6.07) is 6.64. The zero-order chi connectivity index (χ0) is 13.3. The van der Waals surface area contributed by atoms with E-state index in [9.17, 15) is 13.2 Å². The summed E-state index contributed by atoms with van der Waals surface area (Å²) < 4.78 is 22.6. The van der Waals surface area contributed by atoms with E-state index in [0.29, 0.717) is 24.4 Å². The van der Waals surface area contributed by atoms with Crippen LogP contribution in [0.5, 0.6) is 0 Å². The second-order valence-corrected chi connectivity index (χ2v) is 7.29. The SMILES string of the molecule is CS(=O)(=O)c1ccc(CN2CC(S)CC2=O)cc1. The third-order valence-corrected chi connectivity index (χ3v) is 4.39. The molecular formula is C12H15NO3S2. The number of amides is 1. The second kappa shape index (κ2) is 4.93. The molecule has 0 spiro atoms. The average Bonchev–Trinajstić information content (AvgIpc) is 2.57. The number of thiol groups is 1. The molecule has 1 unspecified atom stereocenters. The van der Waals surface area contributed by atoms with Gasteiger partial charge in [-0.1, -0.05) is 12.1 Å². The maximum Gasteiger partial charge on any atom is 0.224 e. The molecule has 1 fully saturated rings. The van der Waals surface area contributed by atoms with Gasteiger partial charge in [0.25, 0.3) is 0 Å². The lowest BCUT2D eigenvalue weighted by Crippen LogP contribution is -2.24. The van der Waals surface area contributed by atoms with Crippen LogP contribution in [0.4, 0.5) is 0 Å². The van der Waals surface area contributed by atoms with Crippen molar-refractivity contribution in [2.24, 2.45) is 0 Å². The predicted molar refractivity (Wildman–Crippen MR) is 72.4 cm³/mol. The summed E-state index contributed by atoms with van der Waals surface area (Å²) in [6.07, 6.45) is 1.65. The van der Waals surface area contributed by atoms with Crippen molar-refractivity contribution in [1.29, 1.82) is 0 Å². The molecule has 0 saturated carbocycles. The van der Waals surface area contributed by atoms with Gasteiger partial charge in [0.05, 0.1) is 4.90 Å². The minimum Gasteiger partial charge on any atom is -0.337 e. The molecule has 1 aliphatic rings. The van der Waals surface area contributed by atoms with Crippen molar-refractivity contribution in [3.63, 3.8) is 0 Å². The zero-order valence-corrected chi connectivity index (χ0v) is 11.7. The number of nitrogens with zero attached hydrogens (tertiary/aromatic N) is 1. The lowest BCUT2D eigenvalue weighted by molar-refractivity contribution is -0.128. The van der Waals surface area contributed by atoms with Gasteiger partial charge >= 0.3 is 0 Å². The Morgan fingerprint density at radius 2 is 1.94 bits per heavy atom. The van der Waals surface area contributed by atoms with Gasteiger partial charge in [-0.2, -0.15) is 12.6 Å². The van der Waals surface area contributed by atoms with Crippen LogP contribution in [0.1, 0.15) is 12.0 Å². The summed E-state index contributed by atoms with van der Waals surface area (Å²) in [5.74, 6) is 0.0992. The van der Waals surface area contributed by atoms with Gasteiger partial charge in [-0.25, -0.2) is 8.42 Å². The molecule has 0 bridgehead atoms. The molecule has 0 aliphatic carbocycles. The first-order valence-electron chi connectivity index (χ1n) is 5.61. The molecule has 0 N–H and O–H groups in total. The van der Waals surface area contributed by atoms with Gasteiger partial charge in [0.1, 0.15) is 0 Å². The fourth-order valence-corrected chi connectivity index (χ4v) is 2.95. The molecule has 1 atom stereocenters. The van der Waals surface area contributed by atoms with Crippen LogP contribution in [0.3, 0.4) is 0 Å². The van der Waals surface area contributed by atoms with Gasteiger partial charge in [0.2, 0.25) is 5.91 Å². The Morgan fingerprint density at radius 1 is 1.33 bits per heavy atom. The van der Waals surface area contributed by atoms with Gasteiger partial charge in [0.15, 0.2) is 9.84 Å². The molecule has 1 aromatic carbocycles. The number of hydrogen-bond acceptors (Lipinski definition) is 4. The Kier molecular flexibility index (Phi) is 3.68. The highest BCUT2D eigenvalue weighted by Crippen LogP contribution is 2.19. The Balaban J connectivity index is 2.10. The zero-order valence-electron chi connectivity index (χ0n) is 10.0. The molecule has 1 aliphatic heterocycles. The van der Waals surface area contributed by atoms with Crippen molar-refractivity contribution >= 4 is 28.4 Å². The van der Waals surface area contributed by atoms with Crippen molar-refractivity contribution < 1.29 is 13.2 Å². The molecule has 18 heavy (non-hydrogen) atoms. The molecule has 4 nitrogen and oxygen atoms in total. The Morgan fingerprint density at radius 3 is 2.39 bits per heavy atom. The fourth-order valence-electron chi connectivity index (χ4n) is 1.97. The van der Waals surface area contributed by atoms with Gasteiger partial charge in [-0.15, -0.1) is 0 Å². The van der Waals surface area contributed by atoms with E-state index >= 15 is 0 Å². The summed E-state index contributed by atoms with van der Waals surface area (Å²) in [5, 5.41) is 0.104. The van der Waals surface area contributed by atoms with E-state index < -0.39 is 9.84 Å². The maximum atomic E-state index is 11.6. The average molecular weight is 285 g/mol. The molecule has 98 valence electrons. The molecule has 0 radical (unpaired) electrons. The normalized spacial score (nSPS) is 20.4. The van der Waals surface area contributed by atoms with Crippen LogP contribution >= 0.6 is 12.6 Å². The van der Waals surface area contributed by atoms with E-state index in [1.54, 1.807) is 29.2 Å². The fraction of sp³-hybridized carbons (Fsp3) is 0.417. The molecule has 1 aromatic rings. The van der Waals surface area contributed by atoms with Crippen molar-refractivity contribution in [1.82, 2.24) is 4.90 Å². The van der Waals surface area contributed by atoms with Crippen LogP contribution in [0, 0.1) is 0 Å². The Labute approximate surface area is 112 Å². The first kappa shape index (κ1) is 13.4. The summed E-state index contributed by atoms with van der Waals surface area (Å²) in [5.41, 5.74) is 0.929. The van der Waals surface area contributed by atoms with Crippen LogP contribution < -0.4 is 0 Å². The van der Waals surface area contributed by atoms with Crippen molar-refractivity contribution in [3.05, 3.63) is 29.8 Å². The minimum atomic E-state index is -3.16. The summed E-state index contributed by atoms with van der Waals surface area (Å²) in [4.78, 5) is 13.6. The lowest BCUT2D eigenvalue weighted by Gasteiger charge is -2.15. The lowest BCUT2D eigenvalue weighted by atomic mass is 10.2. The van der Waals surface area contributed by atoms with Crippen molar-refractivity contribution in [2.75, 3.05) is 12.8 Å². The van der Waals surface area contributed by atoms with Gasteiger partial charge in [-0.3, -0.25) is 4.79 Å². The maximum absolute atomic E-state index is 11.6. The van der Waals surface area contributed by atoms with E-state index in [1.165, 1.54) is 6.26 Å². The van der Waals surface area contributed by atoms with E-state index in [0.717, 1.165) is 5.56 Å². The highest BCUT2D eigenvalue weighted by atomic mass is 32.2. The number of sulfone groups is 1. The number of carbonyl (C=O) groups is 1. The summed E-state index contributed by atoms with van der Waals surface area (Å²) >= 11 is 4.29. The predicted octanol–water partition coefficient (Wildman–Crippen LogP) is 1.12. The van der Waals surface area contributed by atoms with Crippen LogP contribution in [0.15, 0.2) is 29.2 Å². The summed E-state index contributed by atoms with van der Waals surface area (Å²) in [7, 11) is -3.16. The second-order valence-electron chi connectivity index (χ2n) is 4.55. The highest BCUT2D eigenvalue weighted by molar-refractivity contribution is 7.90. The quantitative estimate of drug-likeness (QED) is 0.847. The van der Waals surface area contributed by atoms with E-state index in [1.807, 2.05) is 0 Å².